The third-order valence-corrected chi connectivity index (χ3v) is 5.10. The molecule has 1 aromatic rings. The van der Waals surface area contributed by atoms with Crippen LogP contribution >= 0.6 is 24.0 Å². The van der Waals surface area contributed by atoms with Gasteiger partial charge >= 0.3 is 0 Å². The molecule has 166 valence electrons. The molecule has 29 heavy (non-hydrogen) atoms. The van der Waals surface area contributed by atoms with Gasteiger partial charge in [0.05, 0.1) is 6.54 Å². The molecular weight excluding hydrogens is 475 g/mol. The lowest BCUT2D eigenvalue weighted by Crippen LogP contribution is -2.37. The summed E-state index contributed by atoms with van der Waals surface area (Å²) in [5, 5.41) is 6.74. The Morgan fingerprint density at radius 3 is 2.31 bits per heavy atom. The van der Waals surface area contributed by atoms with Crippen molar-refractivity contribution in [3.05, 3.63) is 35.4 Å². The van der Waals surface area contributed by atoms with Crippen LogP contribution in [0.5, 0.6) is 0 Å². The van der Waals surface area contributed by atoms with E-state index in [1.54, 1.807) is 0 Å². The number of nitrogens with zero attached hydrogens (tertiary/aromatic N) is 2. The molecule has 0 atom stereocenters. The van der Waals surface area contributed by atoms with Crippen LogP contribution in [0.15, 0.2) is 29.3 Å². The number of nitrogens with one attached hydrogen (secondary N) is 2. The van der Waals surface area contributed by atoms with Crippen LogP contribution in [0.1, 0.15) is 63.5 Å². The smallest absolute Gasteiger partial charge is 0.191 e. The third-order valence-electron chi connectivity index (χ3n) is 5.10. The van der Waals surface area contributed by atoms with E-state index in [0.29, 0.717) is 6.54 Å². The maximum atomic E-state index is 5.38. The molecule has 0 aliphatic carbocycles. The minimum absolute atomic E-state index is 0. The van der Waals surface area contributed by atoms with E-state index < -0.39 is 0 Å². The molecule has 1 fully saturated rings. The van der Waals surface area contributed by atoms with Gasteiger partial charge < -0.3 is 15.4 Å². The van der Waals surface area contributed by atoms with Crippen molar-refractivity contribution in [2.75, 3.05) is 39.4 Å². The highest BCUT2D eigenvalue weighted by Crippen LogP contribution is 2.14. The van der Waals surface area contributed by atoms with Gasteiger partial charge in [0.25, 0.3) is 0 Å². The van der Waals surface area contributed by atoms with Gasteiger partial charge in [0.2, 0.25) is 0 Å². The van der Waals surface area contributed by atoms with E-state index in [0.717, 1.165) is 51.6 Å². The zero-order chi connectivity index (χ0) is 19.9. The van der Waals surface area contributed by atoms with E-state index in [9.17, 15) is 0 Å². The van der Waals surface area contributed by atoms with Crippen LogP contribution < -0.4 is 10.6 Å². The molecule has 0 amide bonds. The molecule has 1 aliphatic rings. The first-order chi connectivity index (χ1) is 13.8. The van der Waals surface area contributed by atoms with Crippen molar-refractivity contribution in [2.45, 2.75) is 65.5 Å². The lowest BCUT2D eigenvalue weighted by Gasteiger charge is -2.19. The molecule has 0 bridgehead atoms. The Kier molecular flexibility index (Phi) is 15.2. The molecule has 0 saturated carbocycles. The van der Waals surface area contributed by atoms with E-state index in [4.69, 9.17) is 9.73 Å². The number of unbranched alkanes of at least 4 members (excludes halogenated alkanes) is 1. The van der Waals surface area contributed by atoms with E-state index in [1.807, 2.05) is 6.92 Å². The number of rotatable bonds is 11. The van der Waals surface area contributed by atoms with Gasteiger partial charge in [-0.3, -0.25) is 4.90 Å². The topological polar surface area (TPSA) is 48.9 Å². The van der Waals surface area contributed by atoms with Gasteiger partial charge in [0.1, 0.15) is 0 Å². The number of guanidine groups is 1. The summed E-state index contributed by atoms with van der Waals surface area (Å²) in [5.74, 6) is 0.896. The quantitative estimate of drug-likeness (QED) is 0.196. The molecule has 1 aromatic carbocycles. The maximum Gasteiger partial charge on any atom is 0.191 e. The van der Waals surface area contributed by atoms with Gasteiger partial charge in [-0.05, 0) is 63.7 Å². The van der Waals surface area contributed by atoms with Gasteiger partial charge in [-0.2, -0.15) is 0 Å². The first-order valence-electron chi connectivity index (χ1n) is 11.2. The summed E-state index contributed by atoms with van der Waals surface area (Å²) in [5.41, 5.74) is 2.67. The van der Waals surface area contributed by atoms with E-state index in [2.05, 4.69) is 46.7 Å². The van der Waals surface area contributed by atoms with Gasteiger partial charge in [0.15, 0.2) is 5.96 Å². The number of hydrogen-bond acceptors (Lipinski definition) is 3. The lowest BCUT2D eigenvalue weighted by molar-refractivity contribution is 0.143. The second-order valence-electron chi connectivity index (χ2n) is 7.53. The summed E-state index contributed by atoms with van der Waals surface area (Å²) in [4.78, 5) is 7.32. The average Bonchev–Trinajstić information content (AvgIpc) is 2.98. The summed E-state index contributed by atoms with van der Waals surface area (Å²) in [6.45, 7) is 11.9. The largest absolute Gasteiger partial charge is 0.382 e. The van der Waals surface area contributed by atoms with Crippen LogP contribution in [0.4, 0.5) is 0 Å². The SMILES string of the molecule is CCNC(=NCc1ccc(CN2CCCCCC2)cc1)NCCCCOCC.I. The molecule has 5 nitrogen and oxygen atoms in total. The van der Waals surface area contributed by atoms with Crippen LogP contribution in [-0.4, -0.2) is 50.3 Å². The first-order valence-corrected chi connectivity index (χ1v) is 11.2. The number of benzene rings is 1. The fourth-order valence-electron chi connectivity index (χ4n) is 3.49. The van der Waals surface area contributed by atoms with Gasteiger partial charge in [0, 0.05) is 32.8 Å². The van der Waals surface area contributed by atoms with Crippen molar-refractivity contribution in [3.63, 3.8) is 0 Å². The normalized spacial score (nSPS) is 15.4. The second-order valence-corrected chi connectivity index (χ2v) is 7.53. The monoisotopic (exact) mass is 516 g/mol. The Bertz CT molecular complexity index is 542. The standard InChI is InChI=1S/C23H40N4O.HI/c1-3-24-23(25-15-7-10-18-28-4-2)26-19-21-11-13-22(14-12-21)20-27-16-8-5-6-9-17-27;/h11-14H,3-10,15-20H2,1-2H3,(H2,24,25,26);1H. The van der Waals surface area contributed by atoms with Gasteiger partial charge in [-0.25, -0.2) is 4.99 Å². The molecule has 1 heterocycles. The van der Waals surface area contributed by atoms with Crippen LogP contribution in [0.25, 0.3) is 0 Å². The average molecular weight is 517 g/mol. The van der Waals surface area contributed by atoms with Crippen LogP contribution in [0.3, 0.4) is 0 Å². The molecule has 0 unspecified atom stereocenters. The Balaban J connectivity index is 0.00000420. The van der Waals surface area contributed by atoms with Crippen molar-refractivity contribution >= 4 is 29.9 Å². The minimum atomic E-state index is 0. The molecular formula is C23H41IN4O. The summed E-state index contributed by atoms with van der Waals surface area (Å²) in [6.07, 6.45) is 7.65. The Morgan fingerprint density at radius 1 is 0.966 bits per heavy atom. The first kappa shape index (κ1) is 26.2. The van der Waals surface area contributed by atoms with Gasteiger partial charge in [-0.15, -0.1) is 24.0 Å². The number of likely N-dealkylation sites (tertiary alicyclic amines) is 1. The highest BCUT2D eigenvalue weighted by Gasteiger charge is 2.09. The zero-order valence-electron chi connectivity index (χ0n) is 18.4. The number of halogens is 1. The summed E-state index contributed by atoms with van der Waals surface area (Å²) in [6, 6.07) is 8.98. The lowest BCUT2D eigenvalue weighted by atomic mass is 10.1. The van der Waals surface area contributed by atoms with Gasteiger partial charge in [-0.1, -0.05) is 37.1 Å². The summed E-state index contributed by atoms with van der Waals surface area (Å²) in [7, 11) is 0. The highest BCUT2D eigenvalue weighted by atomic mass is 127. The zero-order valence-corrected chi connectivity index (χ0v) is 20.8. The third kappa shape index (κ3) is 11.8. The molecule has 0 radical (unpaired) electrons. The van der Waals surface area contributed by atoms with E-state index >= 15 is 0 Å². The summed E-state index contributed by atoms with van der Waals surface area (Å²) < 4.78 is 5.38. The Morgan fingerprint density at radius 2 is 1.66 bits per heavy atom. The molecule has 2 rings (SSSR count). The minimum Gasteiger partial charge on any atom is -0.382 e. The number of aliphatic imine (C=N–C) groups is 1. The van der Waals surface area contributed by atoms with Crippen molar-refractivity contribution in [1.82, 2.24) is 15.5 Å². The van der Waals surface area contributed by atoms with Crippen LogP contribution in [0.2, 0.25) is 0 Å². The Labute approximate surface area is 195 Å². The van der Waals surface area contributed by atoms with Crippen molar-refractivity contribution in [3.8, 4) is 0 Å². The molecule has 0 aromatic heterocycles. The number of ether oxygens (including phenoxy) is 1. The van der Waals surface area contributed by atoms with Crippen molar-refractivity contribution in [2.24, 2.45) is 4.99 Å². The van der Waals surface area contributed by atoms with Crippen molar-refractivity contribution in [1.29, 1.82) is 0 Å². The fraction of sp³-hybridized carbons (Fsp3) is 0.696. The molecule has 2 N–H and O–H groups in total. The predicted molar refractivity (Wildman–Crippen MR) is 134 cm³/mol. The highest BCUT2D eigenvalue weighted by molar-refractivity contribution is 14.0. The van der Waals surface area contributed by atoms with E-state index in [-0.39, 0.29) is 24.0 Å². The molecule has 1 saturated heterocycles. The van der Waals surface area contributed by atoms with E-state index in [1.165, 1.54) is 49.9 Å². The van der Waals surface area contributed by atoms with Crippen LogP contribution in [0, 0.1) is 0 Å². The molecule has 0 spiro atoms. The predicted octanol–water partition coefficient (Wildman–Crippen LogP) is 4.55. The van der Waals surface area contributed by atoms with Crippen LogP contribution in [-0.2, 0) is 17.8 Å². The maximum absolute atomic E-state index is 5.38. The van der Waals surface area contributed by atoms with Crippen molar-refractivity contribution < 1.29 is 4.74 Å². The molecule has 6 heteroatoms. The molecule has 1 aliphatic heterocycles. The number of hydrogen-bond donors (Lipinski definition) is 2. The second kappa shape index (κ2) is 16.9. The fourth-order valence-corrected chi connectivity index (χ4v) is 3.49. The Hall–Kier alpha value is -0.860. The summed E-state index contributed by atoms with van der Waals surface area (Å²) >= 11 is 0.